The molecule has 0 saturated carbocycles. The summed E-state index contributed by atoms with van der Waals surface area (Å²) in [4.78, 5) is 12.2. The summed E-state index contributed by atoms with van der Waals surface area (Å²) in [5.74, 6) is 0.435. The number of fused-ring (bicyclic) bond motifs is 2. The van der Waals surface area contributed by atoms with E-state index in [1.54, 1.807) is 0 Å². The van der Waals surface area contributed by atoms with Crippen molar-refractivity contribution in [3.63, 3.8) is 0 Å². The summed E-state index contributed by atoms with van der Waals surface area (Å²) in [5.41, 5.74) is 1.55. The van der Waals surface area contributed by atoms with Gasteiger partial charge in [0, 0.05) is 13.0 Å². The maximum Gasteiger partial charge on any atom is 0.258 e. The number of carbonyl (C=O) groups excluding carboxylic acids is 1. The highest BCUT2D eigenvalue weighted by Gasteiger charge is 2.32. The van der Waals surface area contributed by atoms with Crippen LogP contribution in [-0.2, 0) is 17.6 Å². The number of aryl methyl sites for hydroxylation is 1. The van der Waals surface area contributed by atoms with Crippen molar-refractivity contribution >= 4 is 16.7 Å². The first-order chi connectivity index (χ1) is 13.1. The van der Waals surface area contributed by atoms with Gasteiger partial charge >= 0.3 is 0 Å². The summed E-state index contributed by atoms with van der Waals surface area (Å²) in [7, 11) is 0. The van der Waals surface area contributed by atoms with Crippen molar-refractivity contribution in [2.45, 2.75) is 24.9 Å². The van der Waals surface area contributed by atoms with Gasteiger partial charge in [0.15, 0.2) is 6.61 Å². The van der Waals surface area contributed by atoms with E-state index in [4.69, 9.17) is 4.74 Å². The highest BCUT2D eigenvalue weighted by Crippen LogP contribution is 2.28. The van der Waals surface area contributed by atoms with E-state index in [0.717, 1.165) is 22.8 Å². The standard InChI is InChI=1S/C23H23NO3/c25-22(15-27-21-10-9-17-5-1-3-7-19(17)13-21)24-16-23(26)12-11-18-6-2-4-8-20(18)14-23/h1-10,13,26H,11-12,14-16H2,(H,24,25)/t23-/m1/s1. The summed E-state index contributed by atoms with van der Waals surface area (Å²) in [6, 6.07) is 21.9. The Bertz CT molecular complexity index is 969. The van der Waals surface area contributed by atoms with Gasteiger partial charge in [-0.05, 0) is 46.9 Å². The van der Waals surface area contributed by atoms with Crippen molar-refractivity contribution in [1.29, 1.82) is 0 Å². The molecule has 0 heterocycles. The Balaban J connectivity index is 1.30. The van der Waals surface area contributed by atoms with Crippen LogP contribution in [0.25, 0.3) is 10.8 Å². The summed E-state index contributed by atoms with van der Waals surface area (Å²) in [5, 5.41) is 15.8. The minimum absolute atomic E-state index is 0.0645. The van der Waals surface area contributed by atoms with Crippen LogP contribution in [0.2, 0.25) is 0 Å². The highest BCUT2D eigenvalue weighted by atomic mass is 16.5. The maximum atomic E-state index is 12.2. The number of amides is 1. The predicted molar refractivity (Wildman–Crippen MR) is 106 cm³/mol. The molecule has 4 rings (SSSR count). The molecule has 3 aromatic rings. The van der Waals surface area contributed by atoms with E-state index < -0.39 is 5.60 Å². The van der Waals surface area contributed by atoms with Crippen LogP contribution in [0.1, 0.15) is 17.5 Å². The second kappa shape index (κ2) is 7.41. The molecule has 0 spiro atoms. The molecule has 0 bridgehead atoms. The monoisotopic (exact) mass is 361 g/mol. The van der Waals surface area contributed by atoms with E-state index >= 15 is 0 Å². The Morgan fingerprint density at radius 3 is 2.59 bits per heavy atom. The van der Waals surface area contributed by atoms with E-state index in [2.05, 4.69) is 11.4 Å². The van der Waals surface area contributed by atoms with Gasteiger partial charge in [-0.3, -0.25) is 4.79 Å². The normalized spacial score (nSPS) is 18.7. The topological polar surface area (TPSA) is 58.6 Å². The summed E-state index contributed by atoms with van der Waals surface area (Å²) in [6.45, 7) is 0.173. The van der Waals surface area contributed by atoms with Crippen molar-refractivity contribution in [3.8, 4) is 5.75 Å². The van der Waals surface area contributed by atoms with Crippen molar-refractivity contribution < 1.29 is 14.6 Å². The zero-order valence-electron chi connectivity index (χ0n) is 15.2. The van der Waals surface area contributed by atoms with E-state index in [1.807, 2.05) is 60.7 Å². The maximum absolute atomic E-state index is 12.2. The van der Waals surface area contributed by atoms with Gasteiger partial charge in [0.2, 0.25) is 0 Å². The van der Waals surface area contributed by atoms with E-state index in [0.29, 0.717) is 18.6 Å². The Kier molecular flexibility index (Phi) is 4.82. The average Bonchev–Trinajstić information content (AvgIpc) is 2.70. The second-order valence-electron chi connectivity index (χ2n) is 7.24. The first kappa shape index (κ1) is 17.6. The molecule has 4 nitrogen and oxygen atoms in total. The average molecular weight is 361 g/mol. The summed E-state index contributed by atoms with van der Waals surface area (Å²) in [6.07, 6.45) is 2.04. The van der Waals surface area contributed by atoms with Crippen LogP contribution in [-0.4, -0.2) is 29.8 Å². The van der Waals surface area contributed by atoms with Crippen LogP contribution in [0, 0.1) is 0 Å². The molecule has 1 aliphatic rings. The van der Waals surface area contributed by atoms with E-state index in [-0.39, 0.29) is 19.1 Å². The van der Waals surface area contributed by atoms with Gasteiger partial charge in [0.1, 0.15) is 5.75 Å². The van der Waals surface area contributed by atoms with Gasteiger partial charge in [-0.1, -0.05) is 54.6 Å². The fraction of sp³-hybridized carbons (Fsp3) is 0.261. The van der Waals surface area contributed by atoms with Crippen LogP contribution in [0.3, 0.4) is 0 Å². The molecular weight excluding hydrogens is 338 g/mol. The zero-order chi connectivity index (χ0) is 18.7. The molecule has 0 unspecified atom stereocenters. The minimum atomic E-state index is -0.896. The number of rotatable bonds is 5. The van der Waals surface area contributed by atoms with Crippen LogP contribution in [0.5, 0.6) is 5.75 Å². The van der Waals surface area contributed by atoms with Gasteiger partial charge in [0.25, 0.3) is 5.91 Å². The van der Waals surface area contributed by atoms with Gasteiger partial charge in [-0.2, -0.15) is 0 Å². The SMILES string of the molecule is O=C(COc1ccc2ccccc2c1)NC[C@@]1(O)CCc2ccccc2C1. The molecule has 138 valence electrons. The number of hydrogen-bond donors (Lipinski definition) is 2. The van der Waals surface area contributed by atoms with E-state index in [1.165, 1.54) is 5.56 Å². The van der Waals surface area contributed by atoms with E-state index in [9.17, 15) is 9.90 Å². The number of carbonyl (C=O) groups is 1. The summed E-state index contributed by atoms with van der Waals surface area (Å²) < 4.78 is 5.61. The summed E-state index contributed by atoms with van der Waals surface area (Å²) >= 11 is 0. The molecule has 0 saturated heterocycles. The molecule has 1 atom stereocenters. The number of benzene rings is 3. The van der Waals surface area contributed by atoms with Gasteiger partial charge in [-0.15, -0.1) is 0 Å². The lowest BCUT2D eigenvalue weighted by Gasteiger charge is -2.33. The Hall–Kier alpha value is -2.85. The van der Waals surface area contributed by atoms with Crippen molar-refractivity contribution in [2.75, 3.05) is 13.2 Å². The molecule has 1 aliphatic carbocycles. The predicted octanol–water partition coefficient (Wildman–Crippen LogP) is 3.25. The Morgan fingerprint density at radius 1 is 1.00 bits per heavy atom. The molecule has 2 N–H and O–H groups in total. The molecule has 0 fully saturated rings. The molecule has 0 radical (unpaired) electrons. The lowest BCUT2D eigenvalue weighted by atomic mass is 9.80. The zero-order valence-corrected chi connectivity index (χ0v) is 15.2. The van der Waals surface area contributed by atoms with Crippen LogP contribution in [0.15, 0.2) is 66.7 Å². The third-order valence-electron chi connectivity index (χ3n) is 5.20. The molecular formula is C23H23NO3. The number of hydrogen-bond acceptors (Lipinski definition) is 3. The number of aliphatic hydroxyl groups is 1. The molecule has 4 heteroatoms. The minimum Gasteiger partial charge on any atom is -0.484 e. The molecule has 1 amide bonds. The van der Waals surface area contributed by atoms with Crippen LogP contribution >= 0.6 is 0 Å². The Morgan fingerprint density at radius 2 is 1.74 bits per heavy atom. The third kappa shape index (κ3) is 4.12. The third-order valence-corrected chi connectivity index (χ3v) is 5.20. The van der Waals surface area contributed by atoms with Crippen LogP contribution in [0.4, 0.5) is 0 Å². The van der Waals surface area contributed by atoms with Crippen molar-refractivity contribution in [2.24, 2.45) is 0 Å². The van der Waals surface area contributed by atoms with Crippen molar-refractivity contribution in [1.82, 2.24) is 5.32 Å². The smallest absolute Gasteiger partial charge is 0.258 e. The quantitative estimate of drug-likeness (QED) is 0.733. The molecule has 0 aromatic heterocycles. The number of ether oxygens (including phenoxy) is 1. The number of nitrogens with one attached hydrogen (secondary N) is 1. The lowest BCUT2D eigenvalue weighted by Crippen LogP contribution is -2.47. The first-order valence-corrected chi connectivity index (χ1v) is 9.29. The second-order valence-corrected chi connectivity index (χ2v) is 7.24. The molecule has 27 heavy (non-hydrogen) atoms. The fourth-order valence-corrected chi connectivity index (χ4v) is 3.66. The van der Waals surface area contributed by atoms with Gasteiger partial charge < -0.3 is 15.2 Å². The Labute approximate surface area is 158 Å². The fourth-order valence-electron chi connectivity index (χ4n) is 3.66. The van der Waals surface area contributed by atoms with Gasteiger partial charge in [0.05, 0.1) is 5.60 Å². The highest BCUT2D eigenvalue weighted by molar-refractivity contribution is 5.84. The van der Waals surface area contributed by atoms with Gasteiger partial charge in [-0.25, -0.2) is 0 Å². The first-order valence-electron chi connectivity index (χ1n) is 9.29. The van der Waals surface area contributed by atoms with Crippen LogP contribution < -0.4 is 10.1 Å². The molecule has 0 aliphatic heterocycles. The largest absolute Gasteiger partial charge is 0.484 e. The molecule has 3 aromatic carbocycles. The lowest BCUT2D eigenvalue weighted by molar-refractivity contribution is -0.124. The van der Waals surface area contributed by atoms with Crippen molar-refractivity contribution in [3.05, 3.63) is 77.9 Å².